The highest BCUT2D eigenvalue weighted by Gasteiger charge is 2.31. The number of alkyl halides is 1. The molecule has 0 spiro atoms. The number of carbonyl (C=O) groups excluding carboxylic acids is 1. The molecule has 2 rings (SSSR count). The monoisotopic (exact) mass is 211 g/mol. The Hall–Kier alpha value is -1.45. The molecule has 1 aliphatic heterocycles. The van der Waals surface area contributed by atoms with Gasteiger partial charge in [-0.2, -0.15) is 0 Å². The zero-order valence-corrected chi connectivity index (χ0v) is 8.12. The highest BCUT2D eigenvalue weighted by Crippen LogP contribution is 2.26. The Morgan fingerprint density at radius 2 is 2.00 bits per heavy atom. The lowest BCUT2D eigenvalue weighted by Crippen LogP contribution is -2.34. The summed E-state index contributed by atoms with van der Waals surface area (Å²) in [4.78, 5) is 12.9. The third kappa shape index (κ3) is 1.84. The zero-order valence-electron chi connectivity index (χ0n) is 8.12. The van der Waals surface area contributed by atoms with Gasteiger partial charge in [0, 0.05) is 12.1 Å². The van der Waals surface area contributed by atoms with Gasteiger partial charge < -0.3 is 4.90 Å². The highest BCUT2D eigenvalue weighted by molar-refractivity contribution is 5.96. The van der Waals surface area contributed by atoms with Gasteiger partial charge in [0.15, 0.2) is 0 Å². The van der Waals surface area contributed by atoms with Gasteiger partial charge in [-0.3, -0.25) is 4.79 Å². The first-order chi connectivity index (χ1) is 7.22. The van der Waals surface area contributed by atoms with Crippen LogP contribution in [0.5, 0.6) is 0 Å². The van der Waals surface area contributed by atoms with Crippen molar-refractivity contribution in [2.24, 2.45) is 0 Å². The molecule has 1 saturated heterocycles. The molecule has 1 aromatic carbocycles. The lowest BCUT2D eigenvalue weighted by Gasteiger charge is -2.22. The number of rotatable bonds is 2. The molecule has 15 heavy (non-hydrogen) atoms. The molecule has 0 aromatic heterocycles. The maximum Gasteiger partial charge on any atom is 0.227 e. The van der Waals surface area contributed by atoms with E-state index < -0.39 is 6.67 Å². The molecule has 0 aliphatic carbocycles. The quantitative estimate of drug-likeness (QED) is 0.735. The molecular weight excluding hydrogens is 200 g/mol. The van der Waals surface area contributed by atoms with Gasteiger partial charge in [0.1, 0.15) is 12.5 Å². The highest BCUT2D eigenvalue weighted by atomic mass is 19.1. The number of amides is 1. The van der Waals surface area contributed by atoms with Crippen LogP contribution in [0.1, 0.15) is 12.8 Å². The Bertz CT molecular complexity index is 363. The van der Waals surface area contributed by atoms with Gasteiger partial charge in [0.05, 0.1) is 6.04 Å². The van der Waals surface area contributed by atoms with Crippen molar-refractivity contribution < 1.29 is 13.6 Å². The lowest BCUT2D eigenvalue weighted by molar-refractivity contribution is -0.117. The van der Waals surface area contributed by atoms with Crippen molar-refractivity contribution in [2.45, 2.75) is 18.9 Å². The molecule has 1 aromatic rings. The Labute approximate surface area is 86.5 Å². The first-order valence-electron chi connectivity index (χ1n) is 4.86. The van der Waals surface area contributed by atoms with E-state index in [9.17, 15) is 13.6 Å². The molecule has 1 fully saturated rings. The second-order valence-electron chi connectivity index (χ2n) is 3.59. The van der Waals surface area contributed by atoms with Gasteiger partial charge in [-0.25, -0.2) is 8.78 Å². The summed E-state index contributed by atoms with van der Waals surface area (Å²) in [6, 6.07) is 5.16. The van der Waals surface area contributed by atoms with Crippen LogP contribution in [0.2, 0.25) is 0 Å². The minimum absolute atomic E-state index is 0.0933. The average molecular weight is 211 g/mol. The third-order valence-electron chi connectivity index (χ3n) is 2.61. The minimum Gasteiger partial charge on any atom is -0.307 e. The maximum absolute atomic E-state index is 12.7. The molecule has 0 radical (unpaired) electrons. The second-order valence-corrected chi connectivity index (χ2v) is 3.59. The number of carbonyl (C=O) groups is 1. The van der Waals surface area contributed by atoms with E-state index in [0.717, 1.165) is 0 Å². The van der Waals surface area contributed by atoms with E-state index in [2.05, 4.69) is 0 Å². The summed E-state index contributed by atoms with van der Waals surface area (Å²) in [7, 11) is 0. The number of benzene rings is 1. The topological polar surface area (TPSA) is 20.3 Å². The van der Waals surface area contributed by atoms with Gasteiger partial charge in [-0.15, -0.1) is 0 Å². The average Bonchev–Trinajstić information content (AvgIpc) is 2.61. The Kier molecular flexibility index (Phi) is 2.66. The number of halogens is 2. The van der Waals surface area contributed by atoms with E-state index in [1.165, 1.54) is 29.2 Å². The van der Waals surface area contributed by atoms with Gasteiger partial charge >= 0.3 is 0 Å². The van der Waals surface area contributed by atoms with Gasteiger partial charge in [-0.05, 0) is 30.7 Å². The van der Waals surface area contributed by atoms with Crippen molar-refractivity contribution in [3.05, 3.63) is 30.1 Å². The second kappa shape index (κ2) is 3.96. The SMILES string of the molecule is O=C1CCC(CF)N1c1ccc(F)cc1. The van der Waals surface area contributed by atoms with Crippen LogP contribution in [-0.2, 0) is 4.79 Å². The summed E-state index contributed by atoms with van der Waals surface area (Å²) in [5, 5.41) is 0. The molecule has 1 atom stereocenters. The number of hydrogen-bond acceptors (Lipinski definition) is 1. The van der Waals surface area contributed by atoms with Crippen LogP contribution < -0.4 is 4.90 Å². The van der Waals surface area contributed by atoms with Crippen LogP contribution in [0.3, 0.4) is 0 Å². The fourth-order valence-electron chi connectivity index (χ4n) is 1.85. The smallest absolute Gasteiger partial charge is 0.227 e. The van der Waals surface area contributed by atoms with Gasteiger partial charge in [0.2, 0.25) is 5.91 Å². The third-order valence-corrected chi connectivity index (χ3v) is 2.61. The van der Waals surface area contributed by atoms with Crippen molar-refractivity contribution in [2.75, 3.05) is 11.6 Å². The molecule has 0 bridgehead atoms. The summed E-state index contributed by atoms with van der Waals surface area (Å²) in [5.41, 5.74) is 0.571. The normalized spacial score (nSPS) is 21.1. The summed E-state index contributed by atoms with van der Waals surface area (Å²) in [5.74, 6) is -0.452. The molecule has 1 amide bonds. The van der Waals surface area contributed by atoms with E-state index in [-0.39, 0.29) is 17.8 Å². The van der Waals surface area contributed by atoms with Crippen molar-refractivity contribution >= 4 is 11.6 Å². The van der Waals surface area contributed by atoms with Crippen LogP contribution >= 0.6 is 0 Å². The fraction of sp³-hybridized carbons (Fsp3) is 0.364. The van der Waals surface area contributed by atoms with E-state index in [1.54, 1.807) is 0 Å². The summed E-state index contributed by atoms with van der Waals surface area (Å²) in [6.07, 6.45) is 0.901. The zero-order chi connectivity index (χ0) is 10.8. The first kappa shape index (κ1) is 10.1. The summed E-state index contributed by atoms with van der Waals surface area (Å²) >= 11 is 0. The molecule has 80 valence electrons. The fourth-order valence-corrected chi connectivity index (χ4v) is 1.85. The Morgan fingerprint density at radius 1 is 1.33 bits per heavy atom. The van der Waals surface area contributed by atoms with Crippen molar-refractivity contribution in [3.63, 3.8) is 0 Å². The van der Waals surface area contributed by atoms with Crippen LogP contribution in [0.15, 0.2) is 24.3 Å². The van der Waals surface area contributed by atoms with Crippen LogP contribution in [0.25, 0.3) is 0 Å². The van der Waals surface area contributed by atoms with E-state index in [4.69, 9.17) is 0 Å². The van der Waals surface area contributed by atoms with Gasteiger partial charge in [-0.1, -0.05) is 0 Å². The van der Waals surface area contributed by atoms with E-state index in [1.807, 2.05) is 0 Å². The molecule has 0 saturated carbocycles. The summed E-state index contributed by atoms with van der Waals surface area (Å²) < 4.78 is 25.3. The lowest BCUT2D eigenvalue weighted by atomic mass is 10.2. The molecular formula is C11H11F2NO. The van der Waals surface area contributed by atoms with E-state index >= 15 is 0 Å². The number of anilines is 1. The molecule has 1 unspecified atom stereocenters. The number of hydrogen-bond donors (Lipinski definition) is 0. The van der Waals surface area contributed by atoms with Crippen molar-refractivity contribution in [3.8, 4) is 0 Å². The molecule has 4 heteroatoms. The largest absolute Gasteiger partial charge is 0.307 e. The van der Waals surface area contributed by atoms with Crippen molar-refractivity contribution in [1.29, 1.82) is 0 Å². The Balaban J connectivity index is 2.28. The standard InChI is InChI=1S/C11H11F2NO/c12-7-10-5-6-11(15)14(10)9-3-1-8(13)2-4-9/h1-4,10H,5-7H2. The first-order valence-corrected chi connectivity index (χ1v) is 4.86. The molecule has 0 N–H and O–H groups in total. The van der Waals surface area contributed by atoms with E-state index in [0.29, 0.717) is 18.5 Å². The van der Waals surface area contributed by atoms with Crippen LogP contribution in [0.4, 0.5) is 14.5 Å². The van der Waals surface area contributed by atoms with Crippen LogP contribution in [-0.4, -0.2) is 18.6 Å². The van der Waals surface area contributed by atoms with Gasteiger partial charge in [0.25, 0.3) is 0 Å². The molecule has 2 nitrogen and oxygen atoms in total. The predicted octanol–water partition coefficient (Wildman–Crippen LogP) is 2.29. The number of nitrogens with zero attached hydrogens (tertiary/aromatic N) is 1. The van der Waals surface area contributed by atoms with Crippen LogP contribution in [0, 0.1) is 5.82 Å². The van der Waals surface area contributed by atoms with Crippen molar-refractivity contribution in [1.82, 2.24) is 0 Å². The maximum atomic E-state index is 12.7. The molecule has 1 heterocycles. The molecule has 1 aliphatic rings. The summed E-state index contributed by atoms with van der Waals surface area (Å²) in [6.45, 7) is -0.552. The minimum atomic E-state index is -0.552. The Morgan fingerprint density at radius 3 is 2.60 bits per heavy atom. The predicted molar refractivity (Wildman–Crippen MR) is 52.9 cm³/mol.